The molecule has 1 heterocycles. The molecule has 1 aromatic carbocycles. The minimum atomic E-state index is -0.738. The average Bonchev–Trinajstić information content (AvgIpc) is 2.80. The fourth-order valence-electron chi connectivity index (χ4n) is 3.01. The fourth-order valence-corrected chi connectivity index (χ4v) is 3.17. The maximum Gasteiger partial charge on any atom is 0.310 e. The number of aromatic nitrogens is 1. The van der Waals surface area contributed by atoms with Crippen LogP contribution in [0, 0.1) is 5.41 Å². The van der Waals surface area contributed by atoms with E-state index >= 15 is 0 Å². The number of nitrogens with zero attached hydrogens (tertiary/aromatic N) is 1. The van der Waals surface area contributed by atoms with E-state index in [0.29, 0.717) is 35.8 Å². The zero-order valence-electron chi connectivity index (χ0n) is 11.1. The number of hydrogen-bond acceptors (Lipinski definition) is 3. The molecule has 0 radical (unpaired) electrons. The molecule has 1 saturated carbocycles. The molecule has 4 nitrogen and oxygen atoms in total. The summed E-state index contributed by atoms with van der Waals surface area (Å²) in [6, 6.07) is 5.25. The van der Waals surface area contributed by atoms with Gasteiger partial charge in [0, 0.05) is 17.5 Å². The van der Waals surface area contributed by atoms with Gasteiger partial charge < -0.3 is 9.52 Å². The number of carboxylic acids is 1. The van der Waals surface area contributed by atoms with Crippen LogP contribution >= 0.6 is 11.6 Å². The van der Waals surface area contributed by atoms with Crippen LogP contribution in [0.2, 0.25) is 5.02 Å². The summed E-state index contributed by atoms with van der Waals surface area (Å²) in [6.07, 6.45) is 4.77. The van der Waals surface area contributed by atoms with Crippen LogP contribution in [0.5, 0.6) is 0 Å². The van der Waals surface area contributed by atoms with E-state index < -0.39 is 11.4 Å². The summed E-state index contributed by atoms with van der Waals surface area (Å²) in [5.74, 6) is -0.246. The maximum absolute atomic E-state index is 11.7. The number of fused-ring (bicyclic) bond motifs is 1. The van der Waals surface area contributed by atoms with E-state index in [4.69, 9.17) is 16.0 Å². The van der Waals surface area contributed by atoms with Crippen molar-refractivity contribution < 1.29 is 14.3 Å². The Labute approximate surface area is 121 Å². The second-order valence-electron chi connectivity index (χ2n) is 5.54. The molecule has 0 atom stereocenters. The lowest BCUT2D eigenvalue weighted by Crippen LogP contribution is -2.35. The van der Waals surface area contributed by atoms with Crippen molar-refractivity contribution in [3.05, 3.63) is 29.1 Å². The molecular formula is C15H16ClNO3. The van der Waals surface area contributed by atoms with Crippen LogP contribution in [0.3, 0.4) is 0 Å². The van der Waals surface area contributed by atoms with Crippen molar-refractivity contribution in [2.75, 3.05) is 0 Å². The van der Waals surface area contributed by atoms with Crippen LogP contribution in [0.15, 0.2) is 22.6 Å². The molecule has 0 unspecified atom stereocenters. The second-order valence-corrected chi connectivity index (χ2v) is 5.98. The molecule has 20 heavy (non-hydrogen) atoms. The van der Waals surface area contributed by atoms with Gasteiger partial charge in [-0.15, -0.1) is 0 Å². The van der Waals surface area contributed by atoms with Crippen LogP contribution in [-0.4, -0.2) is 16.1 Å². The highest BCUT2D eigenvalue weighted by atomic mass is 35.5. The summed E-state index contributed by atoms with van der Waals surface area (Å²) in [5.41, 5.74) is 0.618. The van der Waals surface area contributed by atoms with Crippen LogP contribution in [0.25, 0.3) is 11.1 Å². The van der Waals surface area contributed by atoms with Gasteiger partial charge >= 0.3 is 5.97 Å². The van der Waals surface area contributed by atoms with Gasteiger partial charge in [0.25, 0.3) is 0 Å². The molecule has 0 bridgehead atoms. The standard InChI is InChI=1S/C15H16ClNO3/c16-10-4-5-11-12(8-10)20-13(17-11)9-15(14(18)19)6-2-1-3-7-15/h4-5,8H,1-3,6-7,9H2,(H,18,19). The number of halogens is 1. The van der Waals surface area contributed by atoms with Gasteiger partial charge in [0.05, 0.1) is 5.41 Å². The van der Waals surface area contributed by atoms with Gasteiger partial charge in [-0.25, -0.2) is 4.98 Å². The predicted octanol–water partition coefficient (Wildman–Crippen LogP) is 4.06. The maximum atomic E-state index is 11.7. The first kappa shape index (κ1) is 13.4. The van der Waals surface area contributed by atoms with Crippen molar-refractivity contribution in [1.29, 1.82) is 0 Å². The lowest BCUT2D eigenvalue weighted by atomic mass is 9.72. The molecule has 0 aliphatic heterocycles. The first-order chi connectivity index (χ1) is 9.59. The number of rotatable bonds is 3. The number of hydrogen-bond donors (Lipinski definition) is 1. The van der Waals surface area contributed by atoms with Gasteiger partial charge in [0.1, 0.15) is 5.52 Å². The largest absolute Gasteiger partial charge is 0.481 e. The Balaban J connectivity index is 1.92. The second kappa shape index (κ2) is 5.09. The first-order valence-electron chi connectivity index (χ1n) is 6.87. The summed E-state index contributed by atoms with van der Waals surface area (Å²) in [6.45, 7) is 0. The van der Waals surface area contributed by atoms with Gasteiger partial charge in [-0.1, -0.05) is 30.9 Å². The van der Waals surface area contributed by atoms with E-state index in [9.17, 15) is 9.90 Å². The topological polar surface area (TPSA) is 63.3 Å². The monoisotopic (exact) mass is 293 g/mol. The molecule has 1 fully saturated rings. The van der Waals surface area contributed by atoms with Crippen molar-refractivity contribution in [2.24, 2.45) is 5.41 Å². The Morgan fingerprint density at radius 3 is 2.80 bits per heavy atom. The molecule has 3 rings (SSSR count). The van der Waals surface area contributed by atoms with E-state index in [1.807, 2.05) is 0 Å². The van der Waals surface area contributed by atoms with E-state index in [2.05, 4.69) is 4.98 Å². The Morgan fingerprint density at radius 1 is 1.35 bits per heavy atom. The zero-order chi connectivity index (χ0) is 14.2. The minimum Gasteiger partial charge on any atom is -0.481 e. The van der Waals surface area contributed by atoms with E-state index in [1.54, 1.807) is 18.2 Å². The molecule has 0 amide bonds. The summed E-state index contributed by atoms with van der Waals surface area (Å²) < 4.78 is 5.67. The van der Waals surface area contributed by atoms with Crippen molar-refractivity contribution in [2.45, 2.75) is 38.5 Å². The molecule has 0 spiro atoms. The number of carbonyl (C=O) groups is 1. The highest BCUT2D eigenvalue weighted by Crippen LogP contribution is 2.39. The third kappa shape index (κ3) is 2.40. The lowest BCUT2D eigenvalue weighted by Gasteiger charge is -2.31. The quantitative estimate of drug-likeness (QED) is 0.927. The third-order valence-electron chi connectivity index (χ3n) is 4.15. The molecule has 1 aliphatic rings. The van der Waals surface area contributed by atoms with Gasteiger partial charge in [0.15, 0.2) is 11.5 Å². The van der Waals surface area contributed by atoms with Gasteiger partial charge in [0.2, 0.25) is 0 Å². The minimum absolute atomic E-state index is 0.356. The molecule has 1 N–H and O–H groups in total. The highest BCUT2D eigenvalue weighted by molar-refractivity contribution is 6.31. The Hall–Kier alpha value is -1.55. The Kier molecular flexibility index (Phi) is 3.42. The smallest absolute Gasteiger partial charge is 0.310 e. The normalized spacial score (nSPS) is 18.2. The molecule has 0 saturated heterocycles. The van der Waals surface area contributed by atoms with Crippen molar-refractivity contribution in [1.82, 2.24) is 4.98 Å². The predicted molar refractivity (Wildman–Crippen MR) is 75.9 cm³/mol. The number of benzene rings is 1. The summed E-state index contributed by atoms with van der Waals surface area (Å²) in [7, 11) is 0. The summed E-state index contributed by atoms with van der Waals surface area (Å²) in [5, 5.41) is 10.2. The Morgan fingerprint density at radius 2 is 2.10 bits per heavy atom. The van der Waals surface area contributed by atoms with Crippen LogP contribution in [-0.2, 0) is 11.2 Å². The van der Waals surface area contributed by atoms with Gasteiger partial charge in [-0.2, -0.15) is 0 Å². The number of oxazole rings is 1. The molecule has 1 aromatic heterocycles. The molecule has 1 aliphatic carbocycles. The third-order valence-corrected chi connectivity index (χ3v) is 4.38. The SMILES string of the molecule is O=C(O)C1(Cc2nc3ccc(Cl)cc3o2)CCCCC1. The van der Waals surface area contributed by atoms with Crippen LogP contribution < -0.4 is 0 Å². The van der Waals surface area contributed by atoms with Crippen molar-refractivity contribution in [3.8, 4) is 0 Å². The zero-order valence-corrected chi connectivity index (χ0v) is 11.8. The summed E-state index contributed by atoms with van der Waals surface area (Å²) in [4.78, 5) is 16.0. The van der Waals surface area contributed by atoms with Gasteiger partial charge in [-0.05, 0) is 25.0 Å². The van der Waals surface area contributed by atoms with E-state index in [-0.39, 0.29) is 0 Å². The lowest BCUT2D eigenvalue weighted by molar-refractivity contribution is -0.151. The highest BCUT2D eigenvalue weighted by Gasteiger charge is 2.41. The summed E-state index contributed by atoms with van der Waals surface area (Å²) >= 11 is 5.92. The Bertz CT molecular complexity index is 644. The molecule has 2 aromatic rings. The van der Waals surface area contributed by atoms with Crippen molar-refractivity contribution in [3.63, 3.8) is 0 Å². The van der Waals surface area contributed by atoms with Crippen LogP contribution in [0.4, 0.5) is 0 Å². The van der Waals surface area contributed by atoms with Gasteiger partial charge in [-0.3, -0.25) is 4.79 Å². The molecular weight excluding hydrogens is 278 g/mol. The average molecular weight is 294 g/mol. The van der Waals surface area contributed by atoms with Crippen LogP contribution in [0.1, 0.15) is 38.0 Å². The first-order valence-corrected chi connectivity index (χ1v) is 7.25. The number of carboxylic acid groups (broad SMARTS) is 1. The van der Waals surface area contributed by atoms with E-state index in [1.165, 1.54) is 0 Å². The number of aliphatic carboxylic acids is 1. The van der Waals surface area contributed by atoms with E-state index in [0.717, 1.165) is 24.8 Å². The fraction of sp³-hybridized carbons (Fsp3) is 0.467. The van der Waals surface area contributed by atoms with Crippen molar-refractivity contribution >= 4 is 28.7 Å². The molecule has 106 valence electrons. The molecule has 5 heteroatoms.